The highest BCUT2D eigenvalue weighted by molar-refractivity contribution is 5.93. The smallest absolute Gasteiger partial charge is 0.256 e. The number of rotatable bonds is 12. The molecule has 0 amide bonds. The first-order chi connectivity index (χ1) is 20.5. The molecule has 0 spiro atoms. The molecule has 1 heterocycles. The zero-order valence-electron chi connectivity index (χ0n) is 23.2. The van der Waals surface area contributed by atoms with Crippen molar-refractivity contribution in [2.45, 2.75) is 0 Å². The summed E-state index contributed by atoms with van der Waals surface area (Å²) in [7, 11) is 6.20. The Bertz CT molecular complexity index is 1600. The second-order valence-corrected chi connectivity index (χ2v) is 8.36. The van der Waals surface area contributed by atoms with Crippen LogP contribution in [0.15, 0.2) is 69.6 Å². The molecule has 12 nitrogen and oxygen atoms in total. The third kappa shape index (κ3) is 7.24. The number of carbonyl (C=O) groups excluding carboxylic acids is 2. The monoisotopic (exact) mass is 566 g/mol. The Kier molecular flexibility index (Phi) is 9.76. The normalized spacial score (nSPS) is 11.2. The fourth-order valence-electron chi connectivity index (χ4n) is 3.66. The lowest BCUT2D eigenvalue weighted by Gasteiger charge is -2.07. The van der Waals surface area contributed by atoms with E-state index in [2.05, 4.69) is 29.9 Å². The van der Waals surface area contributed by atoms with E-state index in [9.17, 15) is 9.59 Å². The van der Waals surface area contributed by atoms with Crippen LogP contribution < -0.4 is 18.9 Å². The summed E-state index contributed by atoms with van der Waals surface area (Å²) in [5.74, 6) is 2.37. The van der Waals surface area contributed by atoms with Crippen molar-refractivity contribution in [2.75, 3.05) is 28.4 Å². The van der Waals surface area contributed by atoms with Crippen LogP contribution in [0.2, 0.25) is 0 Å². The van der Waals surface area contributed by atoms with E-state index in [-0.39, 0.29) is 29.0 Å². The van der Waals surface area contributed by atoms with Crippen molar-refractivity contribution < 1.29 is 28.5 Å². The van der Waals surface area contributed by atoms with Crippen LogP contribution in [0.5, 0.6) is 23.0 Å². The maximum absolute atomic E-state index is 11.3. The maximum atomic E-state index is 11.3. The average molecular weight is 567 g/mol. The van der Waals surface area contributed by atoms with Gasteiger partial charge in [0.25, 0.3) is 17.8 Å². The van der Waals surface area contributed by atoms with Crippen molar-refractivity contribution in [3.8, 4) is 23.0 Å². The van der Waals surface area contributed by atoms with Crippen LogP contribution in [0.4, 0.5) is 17.8 Å². The number of carbonyl (C=O) groups is 2. The van der Waals surface area contributed by atoms with Gasteiger partial charge in [-0.2, -0.15) is 15.0 Å². The third-order valence-electron chi connectivity index (χ3n) is 5.77. The second kappa shape index (κ2) is 14.0. The Morgan fingerprint density at radius 3 is 1.26 bits per heavy atom. The highest BCUT2D eigenvalue weighted by Crippen LogP contribution is 2.28. The molecule has 212 valence electrons. The summed E-state index contributed by atoms with van der Waals surface area (Å²) in [6.45, 7) is 0. The minimum atomic E-state index is 0.0241. The minimum absolute atomic E-state index is 0.0241. The fraction of sp³-hybridized carbons (Fsp3) is 0.133. The Labute approximate surface area is 241 Å². The molecule has 0 saturated carbocycles. The first-order valence-corrected chi connectivity index (χ1v) is 12.4. The molecular formula is C30H26N6O6. The lowest BCUT2D eigenvalue weighted by Crippen LogP contribution is -1.94. The summed E-state index contributed by atoms with van der Waals surface area (Å²) < 4.78 is 21.3. The van der Waals surface area contributed by atoms with Crippen molar-refractivity contribution in [2.24, 2.45) is 15.0 Å². The largest absolute Gasteiger partial charge is 0.493 e. The molecular weight excluding hydrogens is 540 g/mol. The molecule has 0 bridgehead atoms. The van der Waals surface area contributed by atoms with Gasteiger partial charge in [-0.15, -0.1) is 0 Å². The molecule has 0 fully saturated rings. The molecule has 0 atom stereocenters. The zero-order chi connectivity index (χ0) is 29.9. The van der Waals surface area contributed by atoms with E-state index in [0.717, 1.165) is 0 Å². The quantitative estimate of drug-likeness (QED) is 0.174. The number of ether oxygens (including phenoxy) is 4. The summed E-state index contributed by atoms with van der Waals surface area (Å²) in [4.78, 5) is 48.5. The topological polar surface area (TPSA) is 147 Å². The first-order valence-electron chi connectivity index (χ1n) is 12.4. The molecule has 0 N–H and O–H groups in total. The van der Waals surface area contributed by atoms with E-state index >= 15 is 0 Å². The van der Waals surface area contributed by atoms with Gasteiger partial charge in [0.05, 0.1) is 28.4 Å². The van der Waals surface area contributed by atoms with Gasteiger partial charge >= 0.3 is 0 Å². The SMILES string of the molecule is COc1ccc(C=Nc2nc(N=Cc3ccc(C=O)c(C=O)c3)nc(N=Cc3ccc(OC)c(OC)c3)n2)cc1OC. The lowest BCUT2D eigenvalue weighted by molar-refractivity contribution is 0.109. The van der Waals surface area contributed by atoms with Crippen LogP contribution >= 0.6 is 0 Å². The van der Waals surface area contributed by atoms with Crippen LogP contribution in [0.3, 0.4) is 0 Å². The number of aromatic nitrogens is 3. The average Bonchev–Trinajstić information content (AvgIpc) is 3.04. The highest BCUT2D eigenvalue weighted by Gasteiger charge is 2.08. The van der Waals surface area contributed by atoms with Gasteiger partial charge in [0.1, 0.15) is 0 Å². The molecule has 0 saturated heterocycles. The van der Waals surface area contributed by atoms with Crippen molar-refractivity contribution in [3.63, 3.8) is 0 Å². The van der Waals surface area contributed by atoms with Crippen LogP contribution in [0.25, 0.3) is 0 Å². The molecule has 0 aliphatic rings. The Balaban J connectivity index is 1.70. The van der Waals surface area contributed by atoms with E-state index in [1.165, 1.54) is 18.3 Å². The van der Waals surface area contributed by atoms with Crippen LogP contribution in [-0.2, 0) is 0 Å². The minimum Gasteiger partial charge on any atom is -0.493 e. The van der Waals surface area contributed by atoms with Gasteiger partial charge in [0, 0.05) is 29.8 Å². The van der Waals surface area contributed by atoms with Crippen LogP contribution in [0.1, 0.15) is 37.4 Å². The summed E-state index contributed by atoms with van der Waals surface area (Å²) >= 11 is 0. The van der Waals surface area contributed by atoms with Gasteiger partial charge in [-0.1, -0.05) is 12.1 Å². The van der Waals surface area contributed by atoms with Gasteiger partial charge < -0.3 is 18.9 Å². The molecule has 3 aromatic carbocycles. The summed E-state index contributed by atoms with van der Waals surface area (Å²) in [5, 5.41) is 0. The molecule has 4 aromatic rings. The maximum Gasteiger partial charge on any atom is 0.256 e. The fourth-order valence-corrected chi connectivity index (χ4v) is 3.66. The molecule has 0 aliphatic heterocycles. The number of nitrogens with zero attached hydrogens (tertiary/aromatic N) is 6. The molecule has 0 unspecified atom stereocenters. The van der Waals surface area contributed by atoms with Crippen molar-refractivity contribution in [3.05, 3.63) is 82.4 Å². The number of methoxy groups -OCH3 is 4. The number of hydrogen-bond donors (Lipinski definition) is 0. The molecule has 0 aliphatic carbocycles. The van der Waals surface area contributed by atoms with Crippen LogP contribution in [-0.4, -0.2) is 74.6 Å². The molecule has 12 heteroatoms. The summed E-state index contributed by atoms with van der Waals surface area (Å²) in [6.07, 6.45) is 5.79. The number of aliphatic imine (C=N–C) groups is 3. The second-order valence-electron chi connectivity index (χ2n) is 8.36. The van der Waals surface area contributed by atoms with Crippen molar-refractivity contribution in [1.29, 1.82) is 0 Å². The third-order valence-corrected chi connectivity index (χ3v) is 5.77. The Morgan fingerprint density at radius 2 is 0.881 bits per heavy atom. The zero-order valence-corrected chi connectivity index (χ0v) is 23.2. The van der Waals surface area contributed by atoms with Crippen molar-refractivity contribution in [1.82, 2.24) is 15.0 Å². The Morgan fingerprint density at radius 1 is 0.500 bits per heavy atom. The predicted octanol–water partition coefficient (Wildman–Crippen LogP) is 4.78. The number of hydrogen-bond acceptors (Lipinski definition) is 12. The van der Waals surface area contributed by atoms with Crippen LogP contribution in [0, 0.1) is 0 Å². The van der Waals surface area contributed by atoms with Gasteiger partial charge in [0.15, 0.2) is 35.6 Å². The Hall–Kier alpha value is -5.78. The first kappa shape index (κ1) is 29.2. The standard InChI is InChI=1S/C30H26N6O6/c1-39-24-9-6-20(12-26(24)41-3)15-32-29-34-28(31-14-19-5-8-22(17-37)23(11-19)18-38)35-30(36-29)33-16-21-7-10-25(40-2)27(13-21)42-4/h5-18H,1-4H3. The van der Waals surface area contributed by atoms with E-state index in [1.54, 1.807) is 83.3 Å². The summed E-state index contributed by atoms with van der Waals surface area (Å²) in [5.41, 5.74) is 2.51. The lowest BCUT2D eigenvalue weighted by atomic mass is 10.1. The van der Waals surface area contributed by atoms with E-state index < -0.39 is 0 Å². The van der Waals surface area contributed by atoms with E-state index in [1.807, 2.05) is 0 Å². The van der Waals surface area contributed by atoms with Gasteiger partial charge in [-0.25, -0.2) is 15.0 Å². The highest BCUT2D eigenvalue weighted by atomic mass is 16.5. The van der Waals surface area contributed by atoms with Gasteiger partial charge in [-0.05, 0) is 59.2 Å². The molecule has 4 rings (SSSR count). The van der Waals surface area contributed by atoms with E-state index in [0.29, 0.717) is 52.3 Å². The van der Waals surface area contributed by atoms with Crippen molar-refractivity contribution >= 4 is 49.1 Å². The van der Waals surface area contributed by atoms with Gasteiger partial charge in [0.2, 0.25) is 0 Å². The van der Waals surface area contributed by atoms with Gasteiger partial charge in [-0.3, -0.25) is 9.59 Å². The van der Waals surface area contributed by atoms with E-state index in [4.69, 9.17) is 18.9 Å². The molecule has 42 heavy (non-hydrogen) atoms. The predicted molar refractivity (Wildman–Crippen MR) is 158 cm³/mol. The molecule has 1 aromatic heterocycles. The number of aldehydes is 2. The molecule has 0 radical (unpaired) electrons. The summed E-state index contributed by atoms with van der Waals surface area (Å²) in [6, 6.07) is 15.3. The number of benzene rings is 3.